The van der Waals surface area contributed by atoms with E-state index >= 15 is 0 Å². The maximum Gasteiger partial charge on any atom is 0.329 e. The van der Waals surface area contributed by atoms with Gasteiger partial charge in [0.2, 0.25) is 23.6 Å². The van der Waals surface area contributed by atoms with Crippen molar-refractivity contribution in [1.29, 1.82) is 0 Å². The first kappa shape index (κ1) is 127. The van der Waals surface area contributed by atoms with E-state index in [-0.39, 0.29) is 150 Å². The molecule has 8 heterocycles. The number of hydrogen-bond donors (Lipinski definition) is 12. The molecule has 0 saturated heterocycles. The molecule has 8 rings (SSSR count). The topological polar surface area (TPSA) is 574 Å². The number of esters is 4. The number of nitrogens with one attached hydrogen (secondary N) is 12. The Hall–Kier alpha value is -12.5. The van der Waals surface area contributed by atoms with Crippen molar-refractivity contribution in [3.05, 3.63) is 190 Å². The Kier molecular flexibility index (Phi) is 58.2. The lowest BCUT2D eigenvalue weighted by atomic mass is 10.0. The molecule has 4 aromatic rings. The number of nitrogens with zero attached hydrogens (tertiary/aromatic N) is 4. The Morgan fingerprint density at radius 2 is 0.658 bits per heavy atom. The van der Waals surface area contributed by atoms with Crippen LogP contribution >= 0.6 is 94.1 Å². The van der Waals surface area contributed by atoms with Crippen molar-refractivity contribution in [2.45, 2.75) is 236 Å². The number of fused-ring (bicyclic) bond motifs is 8. The zero-order chi connectivity index (χ0) is 110. The Bertz CT molecular complexity index is 5690. The summed E-state index contributed by atoms with van der Waals surface area (Å²) in [6.07, 6.45) is 24.5. The summed E-state index contributed by atoms with van der Waals surface area (Å²) in [5.74, 6) is -8.55. The molecule has 0 aliphatic carbocycles. The molecule has 12 N–H and O–H groups in total. The second-order valence-corrected chi connectivity index (χ2v) is 41.3. The highest BCUT2D eigenvalue weighted by atomic mass is 32.2. The number of hydrogen-bond acceptors (Lipinski definition) is 36. The van der Waals surface area contributed by atoms with E-state index in [1.165, 1.54) is 90.0 Å². The molecule has 806 valence electrons. The average molecular weight is 2210 g/mol. The summed E-state index contributed by atoms with van der Waals surface area (Å²) < 4.78 is 22.5. The number of carbonyl (C=O) groups excluding carboxylic acids is 20. The van der Waals surface area contributed by atoms with Crippen LogP contribution in [0.25, 0.3) is 0 Å². The van der Waals surface area contributed by atoms with Crippen LogP contribution in [-0.4, -0.2) is 233 Å². The molecule has 0 unspecified atom stereocenters. The third kappa shape index (κ3) is 45.1. The van der Waals surface area contributed by atoms with Crippen LogP contribution < -0.4 is 63.8 Å². The molecule has 149 heavy (non-hydrogen) atoms. The van der Waals surface area contributed by atoms with E-state index in [2.05, 4.69) is 83.7 Å². The number of carbonyl (C=O) groups is 20. The van der Waals surface area contributed by atoms with Crippen LogP contribution in [0.2, 0.25) is 0 Å². The number of rotatable bonds is 27. The predicted molar refractivity (Wildman–Crippen MR) is 577 cm³/mol. The van der Waals surface area contributed by atoms with Gasteiger partial charge >= 0.3 is 23.9 Å². The summed E-state index contributed by atoms with van der Waals surface area (Å²) in [6, 6.07) is 9.21. The normalized spacial score (nSPS) is 20.9. The molecule has 40 nitrogen and oxygen atoms in total. The van der Waals surface area contributed by atoms with Crippen molar-refractivity contribution in [3.8, 4) is 0 Å². The monoisotopic (exact) mass is 2210 g/mol. The number of pyridine rings is 4. The minimum atomic E-state index is -1.03. The van der Waals surface area contributed by atoms with Crippen LogP contribution in [0.3, 0.4) is 0 Å². The molecule has 0 fully saturated rings. The van der Waals surface area contributed by atoms with Gasteiger partial charge in [-0.15, -0.1) is 47.0 Å². The molecule has 48 heteroatoms. The molecule has 0 saturated carbocycles. The zero-order valence-electron chi connectivity index (χ0n) is 85.9. The molecule has 0 radical (unpaired) electrons. The van der Waals surface area contributed by atoms with Crippen molar-refractivity contribution in [2.75, 3.05) is 48.0 Å². The Balaban J connectivity index is 0.000000349. The predicted octanol–water partition coefficient (Wildman–Crippen LogP) is 9.87. The minimum absolute atomic E-state index is 0.00316. The standard InChI is InChI=1S/C26H34N4O6S2.3C25H32N4O6S2/c1-6-18-24(33)30-23(15(2)3)26(35)36-17(9-7-8-12-38-16(4)31)13-22(32)27-14-20-21(37-5)11-10-19(28-20)25(34)29-18;1-5-18-23(32)29-21(15(2)3)25(34)35-17(8-6-7-11-37-14-30)12-20(31)26-13-16-9-10-19(36-4)22(27-16)24(33)28-18;1-5-17-23(32)29-22(15(2)3)25(34)35-16(8-6-7-11-37-14-30)12-21(31)26-13-19-20(36-4)10-9-18(27-19)24(33)28-17;1-5-19-23(32)29-22(15(2)3)25(34)35-17(8-6-7-9-37-14-30)11-21(31)26-13-16-10-18(36-4)12-20(27-16)24(33)28-19/h6-7,9-11,15,17,23H,8,12-14H2,1-5H3,(H,27,32)(H,29,34)(H,30,33);5-6,8-10,14-15,17,21H,7,11-13H2,1-4H3,(H,26,31)(H,28,33)(H,29,32);5-6,8-10,14-16,22H,7,11-13H2,1-4H3,(H,26,31)(H,28,33)(H,29,32);5-6,8,10,12,14-15,17,22H,7,9,11,13H2,1-4H3,(H,26,31)(H,28,33)(H,29,32)/b9-7+,18-6-;8-6+,18-5-;8-6+,17-5-;8-6+,19-5-/t17-,23+;17-,21+;16-,22+;17-,22+/m1111/s1. The molecular formula is C101H130N16O24S8. The molecule has 8 atom stereocenters. The van der Waals surface area contributed by atoms with Crippen molar-refractivity contribution in [3.63, 3.8) is 0 Å². The Morgan fingerprint density at radius 3 is 0.960 bits per heavy atom. The first-order valence-corrected chi connectivity index (χ1v) is 56.3. The van der Waals surface area contributed by atoms with Crippen molar-refractivity contribution in [2.24, 2.45) is 23.7 Å². The molecule has 8 bridgehead atoms. The van der Waals surface area contributed by atoms with Crippen molar-refractivity contribution in [1.82, 2.24) is 83.7 Å². The summed E-state index contributed by atoms with van der Waals surface area (Å²) in [5.41, 5.74) is 4.34. The van der Waals surface area contributed by atoms with Gasteiger partial charge in [0.25, 0.3) is 47.3 Å². The number of cyclic esters (lactones) is 4. The van der Waals surface area contributed by atoms with Crippen LogP contribution in [0.4, 0.5) is 0 Å². The summed E-state index contributed by atoms with van der Waals surface area (Å²) in [5, 5.41) is 31.8. The van der Waals surface area contributed by atoms with E-state index in [1.54, 1.807) is 186 Å². The number of aromatic nitrogens is 4. The molecule has 4 aliphatic heterocycles. The van der Waals surface area contributed by atoms with Crippen LogP contribution in [-0.2, 0) is 122 Å². The highest BCUT2D eigenvalue weighted by Gasteiger charge is 2.37. The summed E-state index contributed by atoms with van der Waals surface area (Å²) in [4.78, 5) is 270. The van der Waals surface area contributed by atoms with Gasteiger partial charge in [-0.3, -0.25) is 76.7 Å². The van der Waals surface area contributed by atoms with Gasteiger partial charge < -0.3 is 82.7 Å². The van der Waals surface area contributed by atoms with Crippen LogP contribution in [0.15, 0.2) is 164 Å². The molecule has 4 aromatic heterocycles. The molecule has 0 aromatic carbocycles. The smallest absolute Gasteiger partial charge is 0.329 e. The lowest BCUT2D eigenvalue weighted by Crippen LogP contribution is -2.48. The van der Waals surface area contributed by atoms with Crippen LogP contribution in [0.1, 0.15) is 206 Å². The largest absolute Gasteiger partial charge is 0.456 e. The third-order valence-electron chi connectivity index (χ3n) is 21.3. The first-order valence-electron chi connectivity index (χ1n) is 47.3. The first-order chi connectivity index (χ1) is 71.1. The van der Waals surface area contributed by atoms with Gasteiger partial charge in [-0.2, -0.15) is 0 Å². The van der Waals surface area contributed by atoms with E-state index in [1.807, 2.05) is 18.8 Å². The van der Waals surface area contributed by atoms with E-state index < -0.39 is 120 Å². The molecule has 4 aliphatic rings. The maximum absolute atomic E-state index is 13.1. The third-order valence-corrected chi connectivity index (χ3v) is 27.0. The Morgan fingerprint density at radius 1 is 0.356 bits per heavy atom. The highest BCUT2D eigenvalue weighted by Crippen LogP contribution is 2.27. The van der Waals surface area contributed by atoms with Gasteiger partial charge in [-0.1, -0.05) is 151 Å². The molecule has 12 amide bonds. The van der Waals surface area contributed by atoms with E-state index in [4.69, 9.17) is 18.9 Å². The number of thioether (sulfide) groups is 8. The van der Waals surface area contributed by atoms with Gasteiger partial charge in [-0.25, -0.2) is 39.1 Å². The fourth-order valence-electron chi connectivity index (χ4n) is 13.4. The fourth-order valence-corrected chi connectivity index (χ4v) is 17.1. The average Bonchev–Trinajstić information content (AvgIpc) is 0.831. The fraction of sp³-hybridized carbons (Fsp3) is 0.446. The highest BCUT2D eigenvalue weighted by molar-refractivity contribution is 8.13. The minimum Gasteiger partial charge on any atom is -0.456 e. The van der Waals surface area contributed by atoms with Gasteiger partial charge in [0.15, 0.2) is 22.0 Å². The van der Waals surface area contributed by atoms with Gasteiger partial charge in [0.1, 0.15) is 94.1 Å². The van der Waals surface area contributed by atoms with Gasteiger partial charge in [-0.05, 0) is 175 Å². The number of allylic oxidation sites excluding steroid dienone is 8. The van der Waals surface area contributed by atoms with Crippen molar-refractivity contribution >= 4 is 211 Å². The second kappa shape index (κ2) is 68.3. The Labute approximate surface area is 900 Å². The molecular weight excluding hydrogens is 2080 g/mol. The van der Waals surface area contributed by atoms with Gasteiger partial charge in [0.05, 0.1) is 74.6 Å². The van der Waals surface area contributed by atoms with Gasteiger partial charge in [0, 0.05) is 49.5 Å². The summed E-state index contributed by atoms with van der Waals surface area (Å²) >= 11 is 10.1. The summed E-state index contributed by atoms with van der Waals surface area (Å²) in [6.45, 7) is 22.0. The maximum atomic E-state index is 13.1. The number of ether oxygens (including phenoxy) is 4. The van der Waals surface area contributed by atoms with Crippen molar-refractivity contribution < 1.29 is 115 Å². The number of amides is 12. The van der Waals surface area contributed by atoms with E-state index in [0.29, 0.717) is 76.4 Å². The summed E-state index contributed by atoms with van der Waals surface area (Å²) in [7, 11) is 0. The second-order valence-electron chi connectivity index (χ2n) is 33.8. The quantitative estimate of drug-likeness (QED) is 0.00502. The van der Waals surface area contributed by atoms with Crippen LogP contribution in [0, 0.1) is 23.7 Å². The van der Waals surface area contributed by atoms with Crippen LogP contribution in [0.5, 0.6) is 0 Å². The lowest BCUT2D eigenvalue weighted by molar-refractivity contribution is -0.153. The van der Waals surface area contributed by atoms with E-state index in [0.717, 1.165) is 66.8 Å². The van der Waals surface area contributed by atoms with E-state index in [9.17, 15) is 95.9 Å². The molecule has 0 spiro atoms. The lowest BCUT2D eigenvalue weighted by Gasteiger charge is -2.24. The SMILES string of the molecule is C/C=C1\NC(=O)c2cc(SC)cc(n2)CNC(=O)C[C@@H](/C=C/CCSC=O)OC(=O)[C@H](C(C)C)NC1=O.C/C=C1\NC(=O)c2ccc(SC)c(n2)CNC(=O)C[C@@H](/C=C/CCSC(C)=O)OC(=O)[C@H](C(C)C)NC1=O.C/C=C1\NC(=O)c2ccc(SC)c(n2)CNC(=O)C[C@@H](/C=C/CCSC=O)OC(=O)[C@H](C(C)C)NC1=O.C/C=C1\NC(=O)c2nc(ccc2SC)CNC(=O)C[C@@H](/C=C/CCSC=O)OC(=O)[C@H](C(C)C)NC1=O. The zero-order valence-corrected chi connectivity index (χ0v) is 92.4.